The second-order valence-corrected chi connectivity index (χ2v) is 6.62. The molecule has 2 amide bonds. The van der Waals surface area contributed by atoms with E-state index in [-0.39, 0.29) is 30.7 Å². The molecular weight excluding hydrogens is 356 g/mol. The first-order valence-electron chi connectivity index (χ1n) is 9.22. The highest BCUT2D eigenvalue weighted by Crippen LogP contribution is 2.35. The van der Waals surface area contributed by atoms with Gasteiger partial charge < -0.3 is 19.7 Å². The maximum Gasteiger partial charge on any atom is 0.227 e. The molecular formula is C22H20N2O4. The van der Waals surface area contributed by atoms with Crippen molar-refractivity contribution in [3.63, 3.8) is 0 Å². The fraction of sp³-hybridized carbons (Fsp3) is 0.273. The van der Waals surface area contributed by atoms with E-state index >= 15 is 0 Å². The maximum atomic E-state index is 12.4. The van der Waals surface area contributed by atoms with E-state index in [2.05, 4.69) is 17.2 Å². The normalized spacial score (nSPS) is 17.6. The van der Waals surface area contributed by atoms with Crippen LogP contribution >= 0.6 is 0 Å². The topological polar surface area (TPSA) is 67.9 Å². The molecule has 2 aromatic carbocycles. The van der Waals surface area contributed by atoms with Crippen LogP contribution in [-0.4, -0.2) is 38.1 Å². The lowest BCUT2D eigenvalue weighted by atomic mass is 10.1. The van der Waals surface area contributed by atoms with Gasteiger partial charge in [-0.3, -0.25) is 9.59 Å². The zero-order valence-electron chi connectivity index (χ0n) is 15.3. The summed E-state index contributed by atoms with van der Waals surface area (Å²) in [6, 6.07) is 15.0. The van der Waals surface area contributed by atoms with Crippen molar-refractivity contribution in [2.45, 2.75) is 6.42 Å². The maximum absolute atomic E-state index is 12.4. The number of hydrogen-bond donors (Lipinski definition) is 1. The minimum Gasteiger partial charge on any atom is -0.486 e. The van der Waals surface area contributed by atoms with Gasteiger partial charge in [-0.1, -0.05) is 30.0 Å². The van der Waals surface area contributed by atoms with E-state index in [0.29, 0.717) is 36.9 Å². The first-order valence-corrected chi connectivity index (χ1v) is 9.22. The van der Waals surface area contributed by atoms with Gasteiger partial charge in [0.15, 0.2) is 11.5 Å². The summed E-state index contributed by atoms with van der Waals surface area (Å²) in [5.41, 5.74) is 1.62. The quantitative estimate of drug-likeness (QED) is 0.832. The van der Waals surface area contributed by atoms with Crippen LogP contribution in [0.1, 0.15) is 12.0 Å². The number of carbonyl (C=O) groups is 2. The van der Waals surface area contributed by atoms with Crippen molar-refractivity contribution >= 4 is 17.5 Å². The fourth-order valence-corrected chi connectivity index (χ4v) is 3.28. The SMILES string of the molecule is O=C(NCC#Cc1ccccc1)C1CC(=O)N(c2ccc3c(c2)OCCO3)C1. The summed E-state index contributed by atoms with van der Waals surface area (Å²) < 4.78 is 11.1. The first kappa shape index (κ1) is 17.9. The number of nitrogens with zero attached hydrogens (tertiary/aromatic N) is 1. The van der Waals surface area contributed by atoms with Crippen LogP contribution in [0.2, 0.25) is 0 Å². The van der Waals surface area contributed by atoms with Crippen molar-refractivity contribution in [2.75, 3.05) is 31.2 Å². The predicted octanol–water partition coefficient (Wildman–Crippen LogP) is 1.98. The molecule has 2 heterocycles. The van der Waals surface area contributed by atoms with Crippen LogP contribution in [0.3, 0.4) is 0 Å². The lowest BCUT2D eigenvalue weighted by molar-refractivity contribution is -0.126. The molecule has 1 saturated heterocycles. The Bertz CT molecular complexity index is 946. The van der Waals surface area contributed by atoms with Crippen molar-refractivity contribution in [1.82, 2.24) is 5.32 Å². The van der Waals surface area contributed by atoms with Crippen LogP contribution in [-0.2, 0) is 9.59 Å². The summed E-state index contributed by atoms with van der Waals surface area (Å²) >= 11 is 0. The van der Waals surface area contributed by atoms with Gasteiger partial charge in [0.25, 0.3) is 0 Å². The summed E-state index contributed by atoms with van der Waals surface area (Å²) in [4.78, 5) is 26.5. The molecule has 0 bridgehead atoms. The lowest BCUT2D eigenvalue weighted by Gasteiger charge is -2.22. The van der Waals surface area contributed by atoms with E-state index in [1.807, 2.05) is 36.4 Å². The van der Waals surface area contributed by atoms with Gasteiger partial charge in [0.05, 0.1) is 12.5 Å². The van der Waals surface area contributed by atoms with E-state index in [0.717, 1.165) is 5.56 Å². The van der Waals surface area contributed by atoms with E-state index in [9.17, 15) is 9.59 Å². The molecule has 1 N–H and O–H groups in total. The van der Waals surface area contributed by atoms with E-state index in [1.54, 1.807) is 17.0 Å². The standard InChI is InChI=1S/C22H20N2O4/c25-21-13-17(22(26)23-10-4-7-16-5-2-1-3-6-16)15-24(21)18-8-9-19-20(14-18)28-12-11-27-19/h1-3,5-6,8-9,14,17H,10-13,15H2,(H,23,26). The summed E-state index contributed by atoms with van der Waals surface area (Å²) in [6.45, 7) is 1.60. The van der Waals surface area contributed by atoms with E-state index in [4.69, 9.17) is 9.47 Å². The number of carbonyl (C=O) groups excluding carboxylic acids is 2. The Hall–Kier alpha value is -3.46. The Kier molecular flexibility index (Phi) is 5.16. The number of amides is 2. The van der Waals surface area contributed by atoms with Crippen LogP contribution in [0.15, 0.2) is 48.5 Å². The number of nitrogens with one attached hydrogen (secondary N) is 1. The van der Waals surface area contributed by atoms with Crippen molar-refractivity contribution < 1.29 is 19.1 Å². The van der Waals surface area contributed by atoms with Crippen LogP contribution < -0.4 is 19.7 Å². The Morgan fingerprint density at radius 1 is 1.11 bits per heavy atom. The molecule has 1 atom stereocenters. The van der Waals surface area contributed by atoms with Gasteiger partial charge in [-0.15, -0.1) is 0 Å². The Morgan fingerprint density at radius 3 is 2.71 bits per heavy atom. The summed E-state index contributed by atoms with van der Waals surface area (Å²) in [7, 11) is 0. The molecule has 2 aromatic rings. The molecule has 0 spiro atoms. The molecule has 6 nitrogen and oxygen atoms in total. The number of hydrogen-bond acceptors (Lipinski definition) is 4. The molecule has 0 saturated carbocycles. The Labute approximate surface area is 163 Å². The van der Waals surface area contributed by atoms with Gasteiger partial charge in [0, 0.05) is 30.3 Å². The van der Waals surface area contributed by atoms with Crippen LogP contribution in [0.4, 0.5) is 5.69 Å². The van der Waals surface area contributed by atoms with Gasteiger partial charge in [0.1, 0.15) is 13.2 Å². The molecule has 1 fully saturated rings. The summed E-state index contributed by atoms with van der Waals surface area (Å²) in [5, 5.41) is 2.80. The highest BCUT2D eigenvalue weighted by Gasteiger charge is 2.35. The van der Waals surface area contributed by atoms with Gasteiger partial charge in [-0.2, -0.15) is 0 Å². The second-order valence-electron chi connectivity index (χ2n) is 6.62. The first-order chi connectivity index (χ1) is 13.7. The van der Waals surface area contributed by atoms with E-state index in [1.165, 1.54) is 0 Å². The van der Waals surface area contributed by atoms with E-state index < -0.39 is 0 Å². The monoisotopic (exact) mass is 376 g/mol. The molecule has 1 unspecified atom stereocenters. The number of rotatable bonds is 3. The molecule has 0 aliphatic carbocycles. The average Bonchev–Trinajstić information content (AvgIpc) is 3.13. The summed E-state index contributed by atoms with van der Waals surface area (Å²) in [5.74, 6) is 6.61. The highest BCUT2D eigenvalue weighted by molar-refractivity contribution is 6.00. The smallest absolute Gasteiger partial charge is 0.227 e. The van der Waals surface area contributed by atoms with Crippen molar-refractivity contribution in [3.05, 3.63) is 54.1 Å². The zero-order chi connectivity index (χ0) is 19.3. The van der Waals surface area contributed by atoms with Crippen molar-refractivity contribution in [3.8, 4) is 23.3 Å². The van der Waals surface area contributed by atoms with Gasteiger partial charge in [-0.25, -0.2) is 0 Å². The third kappa shape index (κ3) is 3.94. The minimum atomic E-state index is -0.390. The number of benzene rings is 2. The number of ether oxygens (including phenoxy) is 2. The van der Waals surface area contributed by atoms with Gasteiger partial charge in [-0.05, 0) is 24.3 Å². The third-order valence-electron chi connectivity index (χ3n) is 4.69. The average molecular weight is 376 g/mol. The molecule has 0 aromatic heterocycles. The van der Waals surface area contributed by atoms with Crippen molar-refractivity contribution in [2.24, 2.45) is 5.92 Å². The molecule has 28 heavy (non-hydrogen) atoms. The van der Waals surface area contributed by atoms with Crippen LogP contribution in [0.5, 0.6) is 11.5 Å². The lowest BCUT2D eigenvalue weighted by Crippen LogP contribution is -2.33. The van der Waals surface area contributed by atoms with Crippen LogP contribution in [0.25, 0.3) is 0 Å². The minimum absolute atomic E-state index is 0.0767. The van der Waals surface area contributed by atoms with Gasteiger partial charge >= 0.3 is 0 Å². The predicted molar refractivity (Wildman–Crippen MR) is 104 cm³/mol. The molecule has 6 heteroatoms. The molecule has 2 aliphatic rings. The van der Waals surface area contributed by atoms with Crippen LogP contribution in [0, 0.1) is 17.8 Å². The Balaban J connectivity index is 1.35. The molecule has 4 rings (SSSR count). The number of fused-ring (bicyclic) bond motifs is 1. The molecule has 142 valence electrons. The zero-order valence-corrected chi connectivity index (χ0v) is 15.3. The highest BCUT2D eigenvalue weighted by atomic mass is 16.6. The fourth-order valence-electron chi connectivity index (χ4n) is 3.28. The van der Waals surface area contributed by atoms with Crippen molar-refractivity contribution in [1.29, 1.82) is 0 Å². The molecule has 0 radical (unpaired) electrons. The third-order valence-corrected chi connectivity index (χ3v) is 4.69. The molecule has 2 aliphatic heterocycles. The second kappa shape index (κ2) is 8.05. The Morgan fingerprint density at radius 2 is 1.89 bits per heavy atom. The number of anilines is 1. The summed E-state index contributed by atoms with van der Waals surface area (Å²) in [6.07, 6.45) is 0.187. The van der Waals surface area contributed by atoms with Gasteiger partial charge in [0.2, 0.25) is 11.8 Å². The largest absolute Gasteiger partial charge is 0.486 e.